The highest BCUT2D eigenvalue weighted by Gasteiger charge is 2.34. The zero-order chi connectivity index (χ0) is 12.1. The first kappa shape index (κ1) is 13.1. The van der Waals surface area contributed by atoms with Crippen LogP contribution in [0.5, 0.6) is 0 Å². The Morgan fingerprint density at radius 2 is 2.18 bits per heavy atom. The lowest BCUT2D eigenvalue weighted by Gasteiger charge is -2.21. The Morgan fingerprint density at radius 1 is 1.29 bits per heavy atom. The van der Waals surface area contributed by atoms with E-state index in [-0.39, 0.29) is 0 Å². The fraction of sp³-hybridized carbons (Fsp3) is 0.867. The fourth-order valence-electron chi connectivity index (χ4n) is 3.54. The van der Waals surface area contributed by atoms with Crippen LogP contribution in [0.4, 0.5) is 0 Å². The summed E-state index contributed by atoms with van der Waals surface area (Å²) >= 11 is 0. The molecular weight excluding hydrogens is 210 g/mol. The van der Waals surface area contributed by atoms with Crippen molar-refractivity contribution >= 4 is 0 Å². The summed E-state index contributed by atoms with van der Waals surface area (Å²) < 4.78 is 0. The second kappa shape index (κ2) is 6.55. The monoisotopic (exact) mass is 237 g/mol. The maximum absolute atomic E-state index is 9.02. The van der Waals surface area contributed by atoms with Crippen LogP contribution in [0.15, 0.2) is 12.2 Å². The van der Waals surface area contributed by atoms with Gasteiger partial charge in [-0.1, -0.05) is 25.5 Å². The van der Waals surface area contributed by atoms with Crippen molar-refractivity contribution in [2.45, 2.75) is 39.0 Å². The van der Waals surface area contributed by atoms with Gasteiger partial charge in [-0.05, 0) is 62.4 Å². The molecule has 0 aromatic rings. The Hall–Kier alpha value is -0.340. The Labute approximate surface area is 105 Å². The van der Waals surface area contributed by atoms with Crippen molar-refractivity contribution in [1.29, 1.82) is 0 Å². The Balaban J connectivity index is 1.63. The summed E-state index contributed by atoms with van der Waals surface area (Å²) in [5.41, 5.74) is 0. The van der Waals surface area contributed by atoms with E-state index in [0.717, 1.165) is 30.7 Å². The molecule has 2 heteroatoms. The topological polar surface area (TPSA) is 32.3 Å². The minimum Gasteiger partial charge on any atom is -0.396 e. The van der Waals surface area contributed by atoms with E-state index in [0.29, 0.717) is 12.5 Å². The third kappa shape index (κ3) is 3.56. The van der Waals surface area contributed by atoms with Crippen molar-refractivity contribution < 1.29 is 5.11 Å². The number of aliphatic hydroxyl groups excluding tert-OH is 1. The predicted molar refractivity (Wildman–Crippen MR) is 71.8 cm³/mol. The smallest absolute Gasteiger partial charge is 0.0434 e. The average molecular weight is 237 g/mol. The number of allylic oxidation sites excluding steroid dienone is 2. The molecule has 0 saturated heterocycles. The lowest BCUT2D eigenvalue weighted by Crippen LogP contribution is -2.30. The maximum Gasteiger partial charge on any atom is 0.0434 e. The second-order valence-corrected chi connectivity index (χ2v) is 5.87. The standard InChI is InChI=1S/C15H27NO/c1-2-3-12(6-7-17)10-16-11-15-9-13-4-5-14(15)8-13/h4-5,12-17H,2-3,6-11H2,1H3. The molecule has 2 rings (SSSR count). The van der Waals surface area contributed by atoms with Gasteiger partial charge in [-0.15, -0.1) is 0 Å². The van der Waals surface area contributed by atoms with Gasteiger partial charge >= 0.3 is 0 Å². The van der Waals surface area contributed by atoms with Crippen molar-refractivity contribution in [3.63, 3.8) is 0 Å². The van der Waals surface area contributed by atoms with E-state index in [1.807, 2.05) is 0 Å². The molecule has 0 radical (unpaired) electrons. The van der Waals surface area contributed by atoms with Crippen molar-refractivity contribution in [2.75, 3.05) is 19.7 Å². The van der Waals surface area contributed by atoms with E-state index >= 15 is 0 Å². The Kier molecular flexibility index (Phi) is 5.05. The van der Waals surface area contributed by atoms with Gasteiger partial charge in [0.25, 0.3) is 0 Å². The van der Waals surface area contributed by atoms with Crippen LogP contribution < -0.4 is 5.32 Å². The molecule has 0 aromatic carbocycles. The second-order valence-electron chi connectivity index (χ2n) is 5.87. The third-order valence-electron chi connectivity index (χ3n) is 4.49. The summed E-state index contributed by atoms with van der Waals surface area (Å²) in [5.74, 6) is 3.28. The van der Waals surface area contributed by atoms with E-state index in [4.69, 9.17) is 5.11 Å². The van der Waals surface area contributed by atoms with Crippen LogP contribution in [0.2, 0.25) is 0 Å². The third-order valence-corrected chi connectivity index (χ3v) is 4.49. The van der Waals surface area contributed by atoms with Gasteiger partial charge in [-0.3, -0.25) is 0 Å². The molecule has 4 unspecified atom stereocenters. The number of aliphatic hydroxyl groups is 1. The maximum atomic E-state index is 9.02. The first-order chi connectivity index (χ1) is 8.33. The molecular formula is C15H27NO. The molecule has 2 aliphatic carbocycles. The van der Waals surface area contributed by atoms with E-state index in [2.05, 4.69) is 24.4 Å². The Morgan fingerprint density at radius 3 is 2.76 bits per heavy atom. The van der Waals surface area contributed by atoms with Crippen molar-refractivity contribution in [3.8, 4) is 0 Å². The zero-order valence-corrected chi connectivity index (χ0v) is 11.1. The quantitative estimate of drug-likeness (QED) is 0.636. The minimum atomic E-state index is 0.337. The van der Waals surface area contributed by atoms with Crippen molar-refractivity contribution in [1.82, 2.24) is 5.32 Å². The summed E-state index contributed by atoms with van der Waals surface area (Å²) in [5, 5.41) is 12.7. The highest BCUT2D eigenvalue weighted by Crippen LogP contribution is 2.42. The Bertz CT molecular complexity index is 245. The molecule has 0 amide bonds. The molecule has 2 bridgehead atoms. The molecule has 0 heterocycles. The number of fused-ring (bicyclic) bond motifs is 2. The van der Waals surface area contributed by atoms with E-state index < -0.39 is 0 Å². The number of rotatable bonds is 8. The predicted octanol–water partition coefficient (Wildman–Crippen LogP) is 2.59. The first-order valence-electron chi connectivity index (χ1n) is 7.33. The SMILES string of the molecule is CCCC(CCO)CNCC1CC2C=CC1C2. The van der Waals surface area contributed by atoms with Gasteiger partial charge in [-0.2, -0.15) is 0 Å². The van der Waals surface area contributed by atoms with Crippen LogP contribution in [0, 0.1) is 23.7 Å². The number of hydrogen-bond acceptors (Lipinski definition) is 2. The lowest BCUT2D eigenvalue weighted by molar-refractivity contribution is 0.245. The molecule has 2 N–H and O–H groups in total. The highest BCUT2D eigenvalue weighted by atomic mass is 16.3. The first-order valence-corrected chi connectivity index (χ1v) is 7.33. The van der Waals surface area contributed by atoms with Crippen LogP contribution in [0.25, 0.3) is 0 Å². The van der Waals surface area contributed by atoms with E-state index in [1.54, 1.807) is 0 Å². The molecule has 2 aliphatic rings. The van der Waals surface area contributed by atoms with Gasteiger partial charge in [0.05, 0.1) is 0 Å². The van der Waals surface area contributed by atoms with Crippen LogP contribution in [-0.2, 0) is 0 Å². The van der Waals surface area contributed by atoms with Gasteiger partial charge in [-0.25, -0.2) is 0 Å². The summed E-state index contributed by atoms with van der Waals surface area (Å²) in [6, 6.07) is 0. The van der Waals surface area contributed by atoms with Gasteiger partial charge in [0, 0.05) is 6.61 Å². The lowest BCUT2D eigenvalue weighted by atomic mass is 9.93. The van der Waals surface area contributed by atoms with Crippen molar-refractivity contribution in [2.24, 2.45) is 23.7 Å². The molecule has 2 nitrogen and oxygen atoms in total. The molecule has 4 atom stereocenters. The molecule has 1 fully saturated rings. The average Bonchev–Trinajstić information content (AvgIpc) is 2.91. The van der Waals surface area contributed by atoms with Crippen LogP contribution in [-0.4, -0.2) is 24.8 Å². The van der Waals surface area contributed by atoms with Gasteiger partial charge < -0.3 is 10.4 Å². The zero-order valence-electron chi connectivity index (χ0n) is 11.1. The van der Waals surface area contributed by atoms with Gasteiger partial charge in [0.15, 0.2) is 0 Å². The summed E-state index contributed by atoms with van der Waals surface area (Å²) in [6.07, 6.45) is 11.1. The molecule has 0 aliphatic heterocycles. The van der Waals surface area contributed by atoms with Crippen LogP contribution in [0.3, 0.4) is 0 Å². The van der Waals surface area contributed by atoms with Gasteiger partial charge in [0.1, 0.15) is 0 Å². The summed E-state index contributed by atoms with van der Waals surface area (Å²) in [6.45, 7) is 4.83. The summed E-state index contributed by atoms with van der Waals surface area (Å²) in [7, 11) is 0. The van der Waals surface area contributed by atoms with Crippen molar-refractivity contribution in [3.05, 3.63) is 12.2 Å². The van der Waals surface area contributed by atoms with Gasteiger partial charge in [0.2, 0.25) is 0 Å². The normalized spacial score (nSPS) is 32.2. The minimum absolute atomic E-state index is 0.337. The molecule has 98 valence electrons. The number of nitrogens with one attached hydrogen (secondary N) is 1. The number of hydrogen-bond donors (Lipinski definition) is 2. The van der Waals surface area contributed by atoms with E-state index in [1.165, 1.54) is 32.2 Å². The molecule has 0 aromatic heterocycles. The molecule has 0 spiro atoms. The largest absolute Gasteiger partial charge is 0.396 e. The molecule has 17 heavy (non-hydrogen) atoms. The summed E-state index contributed by atoms with van der Waals surface area (Å²) in [4.78, 5) is 0. The van der Waals surface area contributed by atoms with E-state index in [9.17, 15) is 0 Å². The highest BCUT2D eigenvalue weighted by molar-refractivity contribution is 5.10. The fourth-order valence-corrected chi connectivity index (χ4v) is 3.54. The molecule has 1 saturated carbocycles. The van der Waals surface area contributed by atoms with Crippen LogP contribution in [0.1, 0.15) is 39.0 Å². The van der Waals surface area contributed by atoms with Crippen LogP contribution >= 0.6 is 0 Å².